The molecule has 2 aliphatic heterocycles. The molecule has 0 aromatic heterocycles. The summed E-state index contributed by atoms with van der Waals surface area (Å²) in [5.41, 5.74) is 1.09. The van der Waals surface area contributed by atoms with Crippen LogP contribution in [-0.2, 0) is 14.4 Å². The first-order chi connectivity index (χ1) is 13.9. The quantitative estimate of drug-likeness (QED) is 0.776. The Morgan fingerprint density at radius 3 is 2.69 bits per heavy atom. The number of carbonyl (C=O) groups is 2. The lowest BCUT2D eigenvalue weighted by Crippen LogP contribution is -2.34. The van der Waals surface area contributed by atoms with E-state index in [1.54, 1.807) is 6.08 Å². The SMILES string of the molecule is CC(=O)NCC1CC(c2cc(F)c(C3=CCCN(C(=O)CO)CC3)c(F)c2)=NO1. The Bertz CT molecular complexity index is 846. The summed E-state index contributed by atoms with van der Waals surface area (Å²) >= 11 is 0. The third kappa shape index (κ3) is 4.97. The van der Waals surface area contributed by atoms with Crippen LogP contribution in [0.3, 0.4) is 0 Å². The van der Waals surface area contributed by atoms with Crippen LogP contribution < -0.4 is 5.32 Å². The zero-order valence-electron chi connectivity index (χ0n) is 16.1. The maximum atomic E-state index is 14.8. The Kier molecular flexibility index (Phi) is 6.58. The summed E-state index contributed by atoms with van der Waals surface area (Å²) in [4.78, 5) is 29.3. The van der Waals surface area contributed by atoms with Crippen LogP contribution in [0.2, 0.25) is 0 Å². The molecule has 1 aromatic rings. The van der Waals surface area contributed by atoms with Crippen molar-refractivity contribution in [3.05, 3.63) is 41.0 Å². The van der Waals surface area contributed by atoms with Crippen molar-refractivity contribution in [2.24, 2.45) is 5.16 Å². The summed E-state index contributed by atoms with van der Waals surface area (Å²) < 4.78 is 29.6. The fourth-order valence-electron chi connectivity index (χ4n) is 3.45. The number of hydrogen-bond donors (Lipinski definition) is 2. The minimum atomic E-state index is -0.707. The number of amides is 2. The molecule has 0 bridgehead atoms. The molecule has 1 unspecified atom stereocenters. The van der Waals surface area contributed by atoms with Gasteiger partial charge in [0.15, 0.2) is 0 Å². The van der Waals surface area contributed by atoms with Gasteiger partial charge in [-0.25, -0.2) is 8.78 Å². The van der Waals surface area contributed by atoms with E-state index in [-0.39, 0.29) is 30.7 Å². The lowest BCUT2D eigenvalue weighted by atomic mass is 9.96. The predicted molar refractivity (Wildman–Crippen MR) is 102 cm³/mol. The molecule has 2 heterocycles. The van der Waals surface area contributed by atoms with Gasteiger partial charge in [-0.1, -0.05) is 11.2 Å². The Morgan fingerprint density at radius 2 is 2.03 bits per heavy atom. The monoisotopic (exact) mass is 407 g/mol. The van der Waals surface area contributed by atoms with Crippen LogP contribution in [0.5, 0.6) is 0 Å². The first kappa shape index (κ1) is 20.9. The Morgan fingerprint density at radius 1 is 1.31 bits per heavy atom. The first-order valence-electron chi connectivity index (χ1n) is 9.43. The minimum absolute atomic E-state index is 0.110. The number of benzene rings is 1. The van der Waals surface area contributed by atoms with Crippen LogP contribution in [0, 0.1) is 11.6 Å². The van der Waals surface area contributed by atoms with E-state index in [9.17, 15) is 18.4 Å². The summed E-state index contributed by atoms with van der Waals surface area (Å²) in [6, 6.07) is 2.45. The molecule has 7 nitrogen and oxygen atoms in total. The maximum absolute atomic E-state index is 14.8. The molecule has 0 spiro atoms. The second kappa shape index (κ2) is 9.13. The molecule has 0 fully saturated rings. The van der Waals surface area contributed by atoms with Crippen molar-refractivity contribution in [2.45, 2.75) is 32.3 Å². The molecule has 0 radical (unpaired) electrons. The van der Waals surface area contributed by atoms with E-state index in [2.05, 4.69) is 10.5 Å². The predicted octanol–water partition coefficient (Wildman–Crippen LogP) is 1.59. The van der Waals surface area contributed by atoms with E-state index in [1.165, 1.54) is 24.0 Å². The summed E-state index contributed by atoms with van der Waals surface area (Å²) in [6.45, 7) is 1.76. The van der Waals surface area contributed by atoms with Gasteiger partial charge in [0.05, 0.1) is 12.3 Å². The molecule has 29 heavy (non-hydrogen) atoms. The van der Waals surface area contributed by atoms with Crippen molar-refractivity contribution in [2.75, 3.05) is 26.2 Å². The fraction of sp³-hybridized carbons (Fsp3) is 0.450. The average Bonchev–Trinajstić information content (AvgIpc) is 3.03. The molecule has 9 heteroatoms. The van der Waals surface area contributed by atoms with Crippen LogP contribution in [0.25, 0.3) is 5.57 Å². The minimum Gasteiger partial charge on any atom is -0.390 e. The van der Waals surface area contributed by atoms with Crippen molar-refractivity contribution < 1.29 is 28.3 Å². The molecule has 2 aliphatic rings. The average molecular weight is 407 g/mol. The summed E-state index contributed by atoms with van der Waals surface area (Å²) in [5.74, 6) is -2.01. The van der Waals surface area contributed by atoms with Gasteiger partial charge in [0, 0.05) is 37.6 Å². The van der Waals surface area contributed by atoms with E-state index in [1.807, 2.05) is 0 Å². The van der Waals surface area contributed by atoms with Crippen molar-refractivity contribution in [1.82, 2.24) is 10.2 Å². The number of hydrogen-bond acceptors (Lipinski definition) is 5. The zero-order chi connectivity index (χ0) is 21.0. The highest BCUT2D eigenvalue weighted by molar-refractivity contribution is 6.01. The van der Waals surface area contributed by atoms with E-state index >= 15 is 0 Å². The highest BCUT2D eigenvalue weighted by Gasteiger charge is 2.25. The van der Waals surface area contributed by atoms with E-state index in [0.717, 1.165) is 0 Å². The smallest absolute Gasteiger partial charge is 0.248 e. The standard InChI is InChI=1S/C20H23F2N3O4/c1-12(27)23-10-15-9-18(24-29-15)14-7-16(21)20(17(22)8-14)13-3-2-5-25(6-4-13)19(28)11-26/h3,7-8,15,26H,2,4-6,9-11H2,1H3,(H,23,27). The van der Waals surface area contributed by atoms with Gasteiger partial charge in [0.25, 0.3) is 0 Å². The molecule has 2 amide bonds. The van der Waals surface area contributed by atoms with Gasteiger partial charge in [-0.15, -0.1) is 0 Å². The van der Waals surface area contributed by atoms with Crippen molar-refractivity contribution in [1.29, 1.82) is 0 Å². The second-order valence-corrected chi connectivity index (χ2v) is 7.03. The summed E-state index contributed by atoms with van der Waals surface area (Å²) in [6.07, 6.45) is 2.43. The molecular formula is C20H23F2N3O4. The Labute approximate surface area is 167 Å². The van der Waals surface area contributed by atoms with Crippen LogP contribution in [0.4, 0.5) is 8.78 Å². The molecule has 156 valence electrons. The van der Waals surface area contributed by atoms with Crippen LogP contribution >= 0.6 is 0 Å². The van der Waals surface area contributed by atoms with Gasteiger partial charge < -0.3 is 20.2 Å². The Hall–Kier alpha value is -2.81. The van der Waals surface area contributed by atoms with Gasteiger partial charge in [-0.2, -0.15) is 0 Å². The van der Waals surface area contributed by atoms with Gasteiger partial charge in [-0.3, -0.25) is 9.59 Å². The van der Waals surface area contributed by atoms with Crippen LogP contribution in [-0.4, -0.2) is 59.9 Å². The van der Waals surface area contributed by atoms with Crippen LogP contribution in [0.15, 0.2) is 23.4 Å². The van der Waals surface area contributed by atoms with Gasteiger partial charge in [0.1, 0.15) is 24.3 Å². The molecule has 1 atom stereocenters. The summed E-state index contributed by atoms with van der Waals surface area (Å²) in [7, 11) is 0. The Balaban J connectivity index is 1.73. The topological polar surface area (TPSA) is 91.2 Å². The first-order valence-corrected chi connectivity index (χ1v) is 9.43. The molecule has 1 aromatic carbocycles. The van der Waals surface area contributed by atoms with Gasteiger partial charge >= 0.3 is 0 Å². The van der Waals surface area contributed by atoms with E-state index < -0.39 is 24.1 Å². The van der Waals surface area contributed by atoms with E-state index in [0.29, 0.717) is 42.7 Å². The number of halogens is 2. The molecule has 0 saturated carbocycles. The second-order valence-electron chi connectivity index (χ2n) is 7.03. The number of carbonyl (C=O) groups excluding carboxylic acids is 2. The molecular weight excluding hydrogens is 384 g/mol. The highest BCUT2D eigenvalue weighted by atomic mass is 19.1. The maximum Gasteiger partial charge on any atom is 0.248 e. The third-order valence-electron chi connectivity index (χ3n) is 4.94. The third-order valence-corrected chi connectivity index (χ3v) is 4.94. The number of nitrogens with zero attached hydrogens (tertiary/aromatic N) is 2. The lowest BCUT2D eigenvalue weighted by Gasteiger charge is -2.19. The van der Waals surface area contributed by atoms with Crippen molar-refractivity contribution >= 4 is 23.1 Å². The summed E-state index contributed by atoms with van der Waals surface area (Å²) in [5, 5.41) is 15.5. The normalized spacial score (nSPS) is 19.2. The number of oxime groups is 1. The zero-order valence-corrected chi connectivity index (χ0v) is 16.1. The van der Waals surface area contributed by atoms with Crippen molar-refractivity contribution in [3.8, 4) is 0 Å². The number of aliphatic hydroxyl groups is 1. The van der Waals surface area contributed by atoms with Gasteiger partial charge in [0.2, 0.25) is 11.8 Å². The fourth-order valence-corrected chi connectivity index (χ4v) is 3.45. The van der Waals surface area contributed by atoms with E-state index in [4.69, 9.17) is 9.94 Å². The highest BCUT2D eigenvalue weighted by Crippen LogP contribution is 2.29. The van der Waals surface area contributed by atoms with Crippen molar-refractivity contribution in [3.63, 3.8) is 0 Å². The molecule has 2 N–H and O–H groups in total. The number of rotatable bonds is 5. The van der Waals surface area contributed by atoms with Gasteiger partial charge in [-0.05, 0) is 30.5 Å². The van der Waals surface area contributed by atoms with Crippen LogP contribution in [0.1, 0.15) is 37.3 Å². The largest absolute Gasteiger partial charge is 0.390 e. The number of aliphatic hydroxyl groups excluding tert-OH is 1. The molecule has 0 aliphatic carbocycles. The lowest BCUT2D eigenvalue weighted by molar-refractivity contribution is -0.134. The number of nitrogens with one attached hydrogen (secondary N) is 1. The molecule has 3 rings (SSSR count). The molecule has 0 saturated heterocycles.